The highest BCUT2D eigenvalue weighted by Gasteiger charge is 2.28. The Kier molecular flexibility index (Phi) is 4.99. The highest BCUT2D eigenvalue weighted by atomic mass is 32.1. The molecule has 2 rings (SSSR count). The van der Waals surface area contributed by atoms with E-state index in [-0.39, 0.29) is 11.5 Å². The van der Waals surface area contributed by atoms with Crippen LogP contribution >= 0.6 is 11.3 Å². The molecule has 20 heavy (non-hydrogen) atoms. The molecule has 0 bridgehead atoms. The van der Waals surface area contributed by atoms with Crippen molar-refractivity contribution in [1.29, 1.82) is 0 Å². The zero-order valence-electron chi connectivity index (χ0n) is 12.3. The van der Waals surface area contributed by atoms with E-state index in [1.165, 1.54) is 30.6 Å². The summed E-state index contributed by atoms with van der Waals surface area (Å²) in [4.78, 5) is 18.2. The van der Waals surface area contributed by atoms with Crippen LogP contribution in [0.3, 0.4) is 0 Å². The summed E-state index contributed by atoms with van der Waals surface area (Å²) in [5, 5.41) is 10.0. The first-order valence-electron chi connectivity index (χ1n) is 6.99. The zero-order valence-corrected chi connectivity index (χ0v) is 13.1. The molecular weight excluding hydrogens is 276 g/mol. The molecule has 1 aromatic heterocycles. The molecule has 1 N–H and O–H groups in total. The van der Waals surface area contributed by atoms with Crippen LogP contribution in [-0.2, 0) is 11.3 Å². The van der Waals surface area contributed by atoms with E-state index in [2.05, 4.69) is 16.8 Å². The van der Waals surface area contributed by atoms with Crippen molar-refractivity contribution in [1.82, 2.24) is 4.98 Å². The van der Waals surface area contributed by atoms with Crippen LogP contribution in [0.15, 0.2) is 0 Å². The molecule has 5 nitrogen and oxygen atoms in total. The molecule has 1 heterocycles. The fraction of sp³-hybridized carbons (Fsp3) is 0.714. The van der Waals surface area contributed by atoms with E-state index in [4.69, 9.17) is 4.74 Å². The van der Waals surface area contributed by atoms with Gasteiger partial charge in [-0.1, -0.05) is 31.1 Å². The number of carboxylic acid groups (broad SMARTS) is 1. The predicted octanol–water partition coefficient (Wildman–Crippen LogP) is 3.00. The molecule has 0 saturated heterocycles. The van der Waals surface area contributed by atoms with Gasteiger partial charge in [0, 0.05) is 20.2 Å². The molecule has 1 fully saturated rings. The number of anilines is 1. The molecule has 0 amide bonds. The SMILES string of the molecule is COCc1nc(N(C)C2CCCCC2C)sc1C(=O)O. The number of hydrogen-bond donors (Lipinski definition) is 1. The first-order valence-corrected chi connectivity index (χ1v) is 7.81. The lowest BCUT2D eigenvalue weighted by Gasteiger charge is -2.36. The first-order chi connectivity index (χ1) is 9.54. The van der Waals surface area contributed by atoms with Crippen LogP contribution in [0.2, 0.25) is 0 Å². The Balaban J connectivity index is 2.22. The van der Waals surface area contributed by atoms with Crippen LogP contribution in [0.25, 0.3) is 0 Å². The fourth-order valence-electron chi connectivity index (χ4n) is 2.91. The Morgan fingerprint density at radius 1 is 1.50 bits per heavy atom. The molecule has 2 atom stereocenters. The summed E-state index contributed by atoms with van der Waals surface area (Å²) in [6.07, 6.45) is 4.91. The molecule has 0 aliphatic heterocycles. The molecule has 112 valence electrons. The van der Waals surface area contributed by atoms with Gasteiger partial charge in [0.15, 0.2) is 5.13 Å². The molecule has 2 unspecified atom stereocenters. The fourth-order valence-corrected chi connectivity index (χ4v) is 3.83. The number of thiazole rings is 1. The molecular formula is C14H22N2O3S. The van der Waals surface area contributed by atoms with Crippen molar-refractivity contribution in [3.63, 3.8) is 0 Å². The molecule has 1 aliphatic rings. The Hall–Kier alpha value is -1.14. The number of aromatic nitrogens is 1. The van der Waals surface area contributed by atoms with Gasteiger partial charge in [-0.2, -0.15) is 0 Å². The van der Waals surface area contributed by atoms with Crippen LogP contribution in [0, 0.1) is 5.92 Å². The molecule has 6 heteroatoms. The first kappa shape index (κ1) is 15.3. The number of methoxy groups -OCH3 is 1. The van der Waals surface area contributed by atoms with Gasteiger partial charge in [0.05, 0.1) is 12.3 Å². The van der Waals surface area contributed by atoms with Gasteiger partial charge in [0.25, 0.3) is 0 Å². The lowest BCUT2D eigenvalue weighted by molar-refractivity contribution is 0.0697. The highest BCUT2D eigenvalue weighted by Crippen LogP contribution is 2.33. The van der Waals surface area contributed by atoms with Crippen LogP contribution < -0.4 is 4.90 Å². The molecule has 0 aromatic carbocycles. The van der Waals surface area contributed by atoms with Crippen molar-refractivity contribution in [2.24, 2.45) is 5.92 Å². The van der Waals surface area contributed by atoms with Gasteiger partial charge < -0.3 is 14.7 Å². The highest BCUT2D eigenvalue weighted by molar-refractivity contribution is 7.17. The van der Waals surface area contributed by atoms with Gasteiger partial charge in [-0.3, -0.25) is 0 Å². The summed E-state index contributed by atoms with van der Waals surface area (Å²) in [6.45, 7) is 2.51. The Bertz CT molecular complexity index is 475. The van der Waals surface area contributed by atoms with Crippen LogP contribution in [-0.4, -0.2) is 36.3 Å². The number of hydrogen-bond acceptors (Lipinski definition) is 5. The average Bonchev–Trinajstić information content (AvgIpc) is 2.83. The summed E-state index contributed by atoms with van der Waals surface area (Å²) in [7, 11) is 3.57. The van der Waals surface area contributed by atoms with E-state index in [0.717, 1.165) is 11.6 Å². The van der Waals surface area contributed by atoms with E-state index in [1.807, 2.05) is 7.05 Å². The van der Waals surface area contributed by atoms with Crippen molar-refractivity contribution >= 4 is 22.4 Å². The summed E-state index contributed by atoms with van der Waals surface area (Å²) >= 11 is 1.25. The number of carboxylic acids is 1. The van der Waals surface area contributed by atoms with Gasteiger partial charge in [-0.15, -0.1) is 0 Å². The molecule has 0 radical (unpaired) electrons. The van der Waals surface area contributed by atoms with E-state index >= 15 is 0 Å². The topological polar surface area (TPSA) is 62.7 Å². The van der Waals surface area contributed by atoms with Crippen molar-refractivity contribution in [2.75, 3.05) is 19.1 Å². The molecule has 1 saturated carbocycles. The van der Waals surface area contributed by atoms with Crippen molar-refractivity contribution in [2.45, 2.75) is 45.3 Å². The summed E-state index contributed by atoms with van der Waals surface area (Å²) in [5.41, 5.74) is 0.523. The third kappa shape index (κ3) is 3.12. The second-order valence-electron chi connectivity index (χ2n) is 5.45. The number of nitrogens with zero attached hydrogens (tertiary/aromatic N) is 2. The zero-order chi connectivity index (χ0) is 14.7. The van der Waals surface area contributed by atoms with Crippen LogP contribution in [0.1, 0.15) is 48.0 Å². The normalized spacial score (nSPS) is 22.8. The minimum atomic E-state index is -0.925. The van der Waals surface area contributed by atoms with Crippen LogP contribution in [0.4, 0.5) is 5.13 Å². The van der Waals surface area contributed by atoms with Crippen LogP contribution in [0.5, 0.6) is 0 Å². The van der Waals surface area contributed by atoms with Gasteiger partial charge in [-0.05, 0) is 18.8 Å². The Morgan fingerprint density at radius 3 is 2.80 bits per heavy atom. The standard InChI is InChI=1S/C14H22N2O3S/c1-9-6-4-5-7-11(9)16(2)14-15-10(8-19-3)12(20-14)13(17)18/h9,11H,4-8H2,1-3H3,(H,17,18). The number of carbonyl (C=O) groups is 1. The number of rotatable bonds is 5. The second kappa shape index (κ2) is 6.54. The van der Waals surface area contributed by atoms with E-state index in [0.29, 0.717) is 17.7 Å². The van der Waals surface area contributed by atoms with Gasteiger partial charge >= 0.3 is 5.97 Å². The minimum absolute atomic E-state index is 0.242. The maximum absolute atomic E-state index is 11.3. The number of ether oxygens (including phenoxy) is 1. The molecule has 1 aliphatic carbocycles. The second-order valence-corrected chi connectivity index (χ2v) is 6.43. The summed E-state index contributed by atoms with van der Waals surface area (Å²) < 4.78 is 5.04. The molecule has 0 spiro atoms. The van der Waals surface area contributed by atoms with Gasteiger partial charge in [0.2, 0.25) is 0 Å². The quantitative estimate of drug-likeness (QED) is 0.905. The van der Waals surface area contributed by atoms with Gasteiger partial charge in [-0.25, -0.2) is 9.78 Å². The van der Waals surface area contributed by atoms with Gasteiger partial charge in [0.1, 0.15) is 4.88 Å². The van der Waals surface area contributed by atoms with Crippen molar-refractivity contribution in [3.8, 4) is 0 Å². The van der Waals surface area contributed by atoms with E-state index in [1.54, 1.807) is 7.11 Å². The largest absolute Gasteiger partial charge is 0.477 e. The lowest BCUT2D eigenvalue weighted by Crippen LogP contribution is -2.38. The van der Waals surface area contributed by atoms with E-state index in [9.17, 15) is 9.90 Å². The molecule has 1 aromatic rings. The maximum atomic E-state index is 11.3. The third-order valence-electron chi connectivity index (χ3n) is 4.03. The lowest BCUT2D eigenvalue weighted by atomic mass is 9.85. The van der Waals surface area contributed by atoms with E-state index < -0.39 is 5.97 Å². The monoisotopic (exact) mass is 298 g/mol. The third-order valence-corrected chi connectivity index (χ3v) is 5.20. The predicted molar refractivity (Wildman–Crippen MR) is 79.6 cm³/mol. The smallest absolute Gasteiger partial charge is 0.347 e. The number of aromatic carboxylic acids is 1. The van der Waals surface area contributed by atoms with Crippen molar-refractivity contribution in [3.05, 3.63) is 10.6 Å². The Morgan fingerprint density at radius 2 is 2.20 bits per heavy atom. The summed E-state index contributed by atoms with van der Waals surface area (Å²) in [5.74, 6) is -0.303. The Labute approximate surface area is 123 Å². The maximum Gasteiger partial charge on any atom is 0.347 e. The summed E-state index contributed by atoms with van der Waals surface area (Å²) in [6, 6.07) is 0.451. The average molecular weight is 298 g/mol. The van der Waals surface area contributed by atoms with Crippen molar-refractivity contribution < 1.29 is 14.6 Å². The minimum Gasteiger partial charge on any atom is -0.477 e.